The largest absolute Gasteiger partial charge is 0.323 e. The Hall–Kier alpha value is 0.0400. The molecule has 0 radical (unpaired) electrons. The summed E-state index contributed by atoms with van der Waals surface area (Å²) < 4.78 is 29.2. The molecule has 0 heterocycles. The van der Waals surface area contributed by atoms with Gasteiger partial charge in [0.1, 0.15) is 0 Å². The van der Waals surface area contributed by atoms with E-state index in [0.717, 1.165) is 0 Å². The van der Waals surface area contributed by atoms with Crippen LogP contribution >= 0.6 is 47.8 Å². The van der Waals surface area contributed by atoms with E-state index in [0.29, 0.717) is 5.69 Å². The second-order valence-corrected chi connectivity index (χ2v) is 11.1. The van der Waals surface area contributed by atoms with Crippen LogP contribution in [0.15, 0.2) is 29.2 Å². The van der Waals surface area contributed by atoms with Gasteiger partial charge in [-0.15, -0.1) is 0 Å². The highest BCUT2D eigenvalue weighted by atomic mass is 80.0. The van der Waals surface area contributed by atoms with Gasteiger partial charge >= 0.3 is 0 Å². The summed E-state index contributed by atoms with van der Waals surface area (Å²) in [4.78, 5) is 11.3. The van der Waals surface area contributed by atoms with Gasteiger partial charge < -0.3 is 5.32 Å². The fraction of sp³-hybridized carbons (Fsp3) is 0.125. The van der Waals surface area contributed by atoms with Crippen LogP contribution in [0.3, 0.4) is 0 Å². The van der Waals surface area contributed by atoms with Crippen molar-refractivity contribution in [1.29, 1.82) is 0 Å². The van der Waals surface area contributed by atoms with Crippen LogP contribution in [0.5, 0.6) is 0 Å². The van der Waals surface area contributed by atoms with Crippen LogP contribution in [0.2, 0.25) is 0 Å². The van der Waals surface area contributed by atoms with Crippen molar-refractivity contribution in [1.82, 2.24) is 0 Å². The molecule has 0 spiro atoms. The predicted octanol–water partition coefficient (Wildman–Crippen LogP) is 2.71. The van der Waals surface area contributed by atoms with Gasteiger partial charge in [0.15, 0.2) is 0 Å². The van der Waals surface area contributed by atoms with Gasteiger partial charge in [-0.2, -0.15) is 8.42 Å². The van der Waals surface area contributed by atoms with E-state index in [1.807, 2.05) is 0 Å². The zero-order valence-electron chi connectivity index (χ0n) is 8.02. The molecule has 5 nitrogen and oxygen atoms in total. The van der Waals surface area contributed by atoms with E-state index < -0.39 is 18.2 Å². The van der Waals surface area contributed by atoms with Crippen LogP contribution in [-0.4, -0.2) is 21.0 Å². The summed E-state index contributed by atoms with van der Waals surface area (Å²) in [5.41, 5.74) is 0.394. The first-order valence-electron chi connectivity index (χ1n) is 4.06. The third kappa shape index (κ3) is 4.66. The van der Waals surface area contributed by atoms with E-state index in [1.54, 1.807) is 0 Å². The van der Waals surface area contributed by atoms with Gasteiger partial charge in [-0.3, -0.25) is 9.35 Å². The van der Waals surface area contributed by atoms with Crippen molar-refractivity contribution in [2.45, 2.75) is 7.04 Å². The lowest BCUT2D eigenvalue weighted by atomic mass is 10.3. The number of alkyl halides is 3. The summed E-state index contributed by atoms with van der Waals surface area (Å²) in [6.45, 7) is 0. The lowest BCUT2D eigenvalue weighted by molar-refractivity contribution is -0.114. The molecular formula is C8H6Br3NO4S. The summed E-state index contributed by atoms with van der Waals surface area (Å²) >= 11 is 9.10. The summed E-state index contributed by atoms with van der Waals surface area (Å²) in [6.07, 6.45) is 0. The van der Waals surface area contributed by atoms with Crippen molar-refractivity contribution < 1.29 is 17.8 Å². The van der Waals surface area contributed by atoms with Gasteiger partial charge in [-0.05, 0) is 72.1 Å². The molecule has 94 valence electrons. The van der Waals surface area contributed by atoms with E-state index in [1.165, 1.54) is 24.3 Å². The van der Waals surface area contributed by atoms with Gasteiger partial charge in [-0.1, -0.05) is 0 Å². The quantitative estimate of drug-likeness (QED) is 0.535. The molecule has 0 saturated carbocycles. The molecule has 1 rings (SSSR count). The van der Waals surface area contributed by atoms with Gasteiger partial charge in [0.05, 0.1) is 4.90 Å². The summed E-state index contributed by atoms with van der Waals surface area (Å²) in [6, 6.07) is 5.09. The van der Waals surface area contributed by atoms with Crippen molar-refractivity contribution in [2.75, 3.05) is 5.32 Å². The number of rotatable bonds is 2. The van der Waals surface area contributed by atoms with Gasteiger partial charge in [0, 0.05) is 5.69 Å². The highest BCUT2D eigenvalue weighted by molar-refractivity contribution is 9.40. The summed E-state index contributed by atoms with van der Waals surface area (Å²) in [7, 11) is -4.22. The second-order valence-electron chi connectivity index (χ2n) is 2.95. The molecule has 0 fully saturated rings. The van der Waals surface area contributed by atoms with E-state index in [9.17, 15) is 13.2 Å². The van der Waals surface area contributed by atoms with Gasteiger partial charge in [0.25, 0.3) is 16.0 Å². The average molecular weight is 452 g/mol. The number of halogens is 3. The highest BCUT2D eigenvalue weighted by Gasteiger charge is 2.28. The molecule has 0 bridgehead atoms. The Morgan fingerprint density at radius 1 is 1.18 bits per heavy atom. The topological polar surface area (TPSA) is 83.5 Å². The molecule has 2 N–H and O–H groups in total. The fourth-order valence-electron chi connectivity index (χ4n) is 0.912. The zero-order valence-corrected chi connectivity index (χ0v) is 13.6. The summed E-state index contributed by atoms with van der Waals surface area (Å²) in [5, 5.41) is 2.50. The van der Waals surface area contributed by atoms with Crippen LogP contribution in [-0.2, 0) is 14.9 Å². The fourth-order valence-corrected chi connectivity index (χ4v) is 1.69. The van der Waals surface area contributed by atoms with Gasteiger partial charge in [-0.25, -0.2) is 0 Å². The Bertz CT molecular complexity index is 521. The van der Waals surface area contributed by atoms with Crippen molar-refractivity contribution >= 4 is 69.5 Å². The predicted molar refractivity (Wildman–Crippen MR) is 74.4 cm³/mol. The Kier molecular flexibility index (Phi) is 4.75. The van der Waals surface area contributed by atoms with Crippen molar-refractivity contribution in [3.05, 3.63) is 24.3 Å². The van der Waals surface area contributed by atoms with Crippen LogP contribution in [0.4, 0.5) is 5.69 Å². The standard InChI is InChI=1S/C8H6Br3NO4S/c9-8(10,11)7(13)12-5-1-3-6(4-2-5)17(14,15)16/h1-4H,(H,12,13)(H,14,15,16). The maximum absolute atomic E-state index is 11.5. The molecule has 9 heteroatoms. The van der Waals surface area contributed by atoms with E-state index in [-0.39, 0.29) is 4.90 Å². The lowest BCUT2D eigenvalue weighted by Gasteiger charge is -2.12. The third-order valence-corrected chi connectivity index (χ3v) is 3.62. The Labute approximate surface area is 123 Å². The van der Waals surface area contributed by atoms with E-state index in [4.69, 9.17) is 4.55 Å². The first-order valence-corrected chi connectivity index (χ1v) is 7.88. The molecule has 1 aromatic rings. The number of nitrogens with one attached hydrogen (secondary N) is 1. The zero-order chi connectivity index (χ0) is 13.3. The normalized spacial score (nSPS) is 12.2. The first-order chi connectivity index (χ1) is 7.60. The van der Waals surface area contributed by atoms with E-state index in [2.05, 4.69) is 53.1 Å². The molecular weight excluding hydrogens is 446 g/mol. The van der Waals surface area contributed by atoms with Gasteiger partial charge in [0.2, 0.25) is 2.14 Å². The maximum atomic E-state index is 11.5. The monoisotopic (exact) mass is 449 g/mol. The molecule has 0 aliphatic carbocycles. The molecule has 0 aromatic heterocycles. The molecule has 1 amide bonds. The first kappa shape index (κ1) is 15.1. The molecule has 1 aromatic carbocycles. The minimum absolute atomic E-state index is 0.238. The van der Waals surface area contributed by atoms with Crippen LogP contribution in [0.25, 0.3) is 0 Å². The lowest BCUT2D eigenvalue weighted by Crippen LogP contribution is -2.25. The molecule has 17 heavy (non-hydrogen) atoms. The number of anilines is 1. The maximum Gasteiger partial charge on any atom is 0.294 e. The second kappa shape index (κ2) is 5.35. The van der Waals surface area contributed by atoms with Crippen LogP contribution < -0.4 is 5.32 Å². The number of hydrogen-bond donors (Lipinski definition) is 2. The Morgan fingerprint density at radius 3 is 2.00 bits per heavy atom. The molecule has 0 unspecified atom stereocenters. The van der Waals surface area contributed by atoms with Crippen LogP contribution in [0, 0.1) is 0 Å². The minimum Gasteiger partial charge on any atom is -0.323 e. The molecule has 0 saturated heterocycles. The molecule has 0 atom stereocenters. The molecule has 0 aliphatic heterocycles. The summed E-state index contributed by atoms with van der Waals surface area (Å²) in [5.74, 6) is -0.419. The van der Waals surface area contributed by atoms with Crippen LogP contribution in [0.1, 0.15) is 0 Å². The number of hydrogen-bond acceptors (Lipinski definition) is 3. The number of carbonyl (C=O) groups is 1. The van der Waals surface area contributed by atoms with E-state index >= 15 is 0 Å². The van der Waals surface area contributed by atoms with Crippen molar-refractivity contribution in [3.63, 3.8) is 0 Å². The number of amides is 1. The average Bonchev–Trinajstić information content (AvgIpc) is 2.15. The third-order valence-electron chi connectivity index (χ3n) is 1.67. The smallest absolute Gasteiger partial charge is 0.294 e. The Morgan fingerprint density at radius 2 is 1.65 bits per heavy atom. The van der Waals surface area contributed by atoms with Crippen molar-refractivity contribution in [3.8, 4) is 0 Å². The SMILES string of the molecule is O=C(Nc1ccc(S(=O)(=O)O)cc1)C(Br)(Br)Br. The molecule has 0 aliphatic rings. The highest BCUT2D eigenvalue weighted by Crippen LogP contribution is 2.34. The Balaban J connectivity index is 2.87. The number of benzene rings is 1. The minimum atomic E-state index is -4.22. The van der Waals surface area contributed by atoms with Crippen molar-refractivity contribution in [2.24, 2.45) is 0 Å². The number of carbonyl (C=O) groups excluding carboxylic acids is 1.